The van der Waals surface area contributed by atoms with E-state index in [0.717, 1.165) is 12.3 Å². The van der Waals surface area contributed by atoms with Crippen molar-refractivity contribution in [3.05, 3.63) is 0 Å². The molecule has 2 aliphatic carbocycles. The van der Waals surface area contributed by atoms with E-state index < -0.39 is 0 Å². The number of hydrogen-bond donors (Lipinski definition) is 0. The summed E-state index contributed by atoms with van der Waals surface area (Å²) in [5.41, 5.74) is 0. The van der Waals surface area contributed by atoms with Crippen molar-refractivity contribution >= 4 is 5.97 Å². The molecule has 1 heterocycles. The van der Waals surface area contributed by atoms with Gasteiger partial charge in [-0.25, -0.2) is 0 Å². The van der Waals surface area contributed by atoms with Crippen molar-refractivity contribution in [2.24, 2.45) is 17.8 Å². The lowest BCUT2D eigenvalue weighted by Crippen LogP contribution is -2.20. The van der Waals surface area contributed by atoms with E-state index in [1.165, 1.54) is 12.8 Å². The van der Waals surface area contributed by atoms with Crippen LogP contribution in [0.5, 0.6) is 0 Å². The van der Waals surface area contributed by atoms with Gasteiger partial charge in [-0.3, -0.25) is 4.79 Å². The third kappa shape index (κ3) is 0.414. The second-order valence-corrected chi connectivity index (χ2v) is 3.67. The fourth-order valence-electron chi connectivity index (χ4n) is 2.72. The summed E-state index contributed by atoms with van der Waals surface area (Å²) in [5, 5.41) is 0. The highest BCUT2D eigenvalue weighted by molar-refractivity contribution is 5.79. The smallest absolute Gasteiger partial charge is 0.309 e. The molecule has 0 aromatic heterocycles. The van der Waals surface area contributed by atoms with E-state index in [4.69, 9.17) is 4.74 Å². The molecule has 4 atom stereocenters. The predicted octanol–water partition coefficient (Wildman–Crippen LogP) is 0.958. The Labute approximate surface area is 59.6 Å². The molecule has 3 fully saturated rings. The molecule has 2 nitrogen and oxygen atoms in total. The van der Waals surface area contributed by atoms with Crippen molar-refractivity contribution in [3.8, 4) is 0 Å². The molecule has 3 rings (SSSR count). The van der Waals surface area contributed by atoms with Gasteiger partial charge in [0.15, 0.2) is 0 Å². The van der Waals surface area contributed by atoms with Crippen LogP contribution in [0.1, 0.15) is 19.3 Å². The lowest BCUT2D eigenvalue weighted by Gasteiger charge is -2.19. The van der Waals surface area contributed by atoms with Gasteiger partial charge in [-0.2, -0.15) is 0 Å². The van der Waals surface area contributed by atoms with E-state index in [-0.39, 0.29) is 5.97 Å². The SMILES string of the molecule is O=C1OC2CCCC3C1C23. The molecule has 10 heavy (non-hydrogen) atoms. The summed E-state index contributed by atoms with van der Waals surface area (Å²) < 4.78 is 5.16. The first-order valence-electron chi connectivity index (χ1n) is 4.08. The maximum Gasteiger partial charge on any atom is 0.309 e. The van der Waals surface area contributed by atoms with Gasteiger partial charge in [0, 0.05) is 5.92 Å². The second-order valence-electron chi connectivity index (χ2n) is 3.67. The largest absolute Gasteiger partial charge is 0.462 e. The van der Waals surface area contributed by atoms with Crippen molar-refractivity contribution in [1.82, 2.24) is 0 Å². The Morgan fingerprint density at radius 1 is 1.40 bits per heavy atom. The molecule has 2 saturated carbocycles. The Morgan fingerprint density at radius 3 is 3.00 bits per heavy atom. The van der Waals surface area contributed by atoms with Crippen LogP contribution in [0.3, 0.4) is 0 Å². The summed E-state index contributed by atoms with van der Waals surface area (Å²) in [6, 6.07) is 0. The molecule has 4 unspecified atom stereocenters. The van der Waals surface area contributed by atoms with E-state index in [0.29, 0.717) is 17.9 Å². The minimum atomic E-state index is 0.0969. The fourth-order valence-corrected chi connectivity index (χ4v) is 2.72. The number of fused-ring (bicyclic) bond motifs is 1. The highest BCUT2D eigenvalue weighted by atomic mass is 16.6. The molecule has 2 heteroatoms. The third-order valence-corrected chi connectivity index (χ3v) is 3.22. The van der Waals surface area contributed by atoms with E-state index in [9.17, 15) is 4.79 Å². The van der Waals surface area contributed by atoms with Gasteiger partial charge in [-0.15, -0.1) is 0 Å². The number of ether oxygens (including phenoxy) is 1. The highest BCUT2D eigenvalue weighted by Crippen LogP contribution is 2.60. The fraction of sp³-hybridized carbons (Fsp3) is 0.875. The van der Waals surface area contributed by atoms with Crippen LogP contribution in [-0.4, -0.2) is 12.1 Å². The molecule has 0 aromatic carbocycles. The van der Waals surface area contributed by atoms with Crippen molar-refractivity contribution < 1.29 is 9.53 Å². The molecule has 0 amide bonds. The van der Waals surface area contributed by atoms with Gasteiger partial charge >= 0.3 is 5.97 Å². The van der Waals surface area contributed by atoms with E-state index in [1.54, 1.807) is 0 Å². The lowest BCUT2D eigenvalue weighted by molar-refractivity contribution is -0.147. The number of rotatable bonds is 0. The van der Waals surface area contributed by atoms with E-state index in [1.807, 2.05) is 0 Å². The average molecular weight is 138 g/mol. The Morgan fingerprint density at radius 2 is 2.30 bits per heavy atom. The summed E-state index contributed by atoms with van der Waals surface area (Å²) in [4.78, 5) is 11.0. The molecule has 0 N–H and O–H groups in total. The maximum absolute atomic E-state index is 11.0. The summed E-state index contributed by atoms with van der Waals surface area (Å²) in [6.45, 7) is 0. The zero-order valence-corrected chi connectivity index (χ0v) is 5.75. The first-order chi connectivity index (χ1) is 4.88. The Hall–Kier alpha value is -0.530. The van der Waals surface area contributed by atoms with Crippen molar-refractivity contribution in [2.75, 3.05) is 0 Å². The molecule has 0 bridgehead atoms. The molecule has 0 aromatic rings. The molecule has 0 spiro atoms. The van der Waals surface area contributed by atoms with Crippen molar-refractivity contribution in [3.63, 3.8) is 0 Å². The second kappa shape index (κ2) is 1.39. The van der Waals surface area contributed by atoms with Gasteiger partial charge in [0.2, 0.25) is 0 Å². The van der Waals surface area contributed by atoms with E-state index >= 15 is 0 Å². The Balaban J connectivity index is 1.95. The van der Waals surface area contributed by atoms with E-state index in [2.05, 4.69) is 0 Å². The average Bonchev–Trinajstić information content (AvgIpc) is 2.51. The van der Waals surface area contributed by atoms with Gasteiger partial charge < -0.3 is 4.74 Å². The molecule has 1 aliphatic heterocycles. The first kappa shape index (κ1) is 5.16. The van der Waals surface area contributed by atoms with Crippen LogP contribution in [-0.2, 0) is 9.53 Å². The molecular weight excluding hydrogens is 128 g/mol. The van der Waals surface area contributed by atoms with Crippen LogP contribution in [0.4, 0.5) is 0 Å². The molecule has 0 radical (unpaired) electrons. The summed E-state index contributed by atoms with van der Waals surface area (Å²) in [5.74, 6) is 1.83. The molecular formula is C8H10O2. The van der Waals surface area contributed by atoms with Gasteiger partial charge in [-0.05, 0) is 25.2 Å². The number of carbonyl (C=O) groups is 1. The molecule has 1 saturated heterocycles. The van der Waals surface area contributed by atoms with Gasteiger partial charge in [0.25, 0.3) is 0 Å². The van der Waals surface area contributed by atoms with Crippen LogP contribution in [0.15, 0.2) is 0 Å². The van der Waals surface area contributed by atoms with Crippen LogP contribution in [0.2, 0.25) is 0 Å². The minimum absolute atomic E-state index is 0.0969. The monoisotopic (exact) mass is 138 g/mol. The number of carbonyl (C=O) groups excluding carboxylic acids is 1. The maximum atomic E-state index is 11.0. The van der Waals surface area contributed by atoms with Gasteiger partial charge in [0.05, 0.1) is 5.92 Å². The Kier molecular flexibility index (Phi) is 0.715. The lowest BCUT2D eigenvalue weighted by atomic mass is 9.98. The summed E-state index contributed by atoms with van der Waals surface area (Å²) in [6.07, 6.45) is 4.01. The standard InChI is InChI=1S/C8H10O2/c9-8-7-4-2-1-3-5(10-8)6(4)7/h4-7H,1-3H2. The predicted molar refractivity (Wildman–Crippen MR) is 34.2 cm³/mol. The summed E-state index contributed by atoms with van der Waals surface area (Å²) in [7, 11) is 0. The minimum Gasteiger partial charge on any atom is -0.462 e. The van der Waals surface area contributed by atoms with Crippen LogP contribution in [0, 0.1) is 17.8 Å². The highest BCUT2D eigenvalue weighted by Gasteiger charge is 2.66. The zero-order chi connectivity index (χ0) is 6.72. The first-order valence-corrected chi connectivity index (χ1v) is 4.08. The third-order valence-electron chi connectivity index (χ3n) is 3.22. The van der Waals surface area contributed by atoms with Crippen LogP contribution >= 0.6 is 0 Å². The van der Waals surface area contributed by atoms with Crippen molar-refractivity contribution in [1.29, 1.82) is 0 Å². The summed E-state index contributed by atoms with van der Waals surface area (Å²) >= 11 is 0. The normalized spacial score (nSPS) is 55.8. The van der Waals surface area contributed by atoms with Crippen LogP contribution < -0.4 is 0 Å². The molecule has 3 aliphatic rings. The van der Waals surface area contributed by atoms with Gasteiger partial charge in [0.1, 0.15) is 6.10 Å². The quantitative estimate of drug-likeness (QED) is 0.466. The Bertz CT molecular complexity index is 199. The topological polar surface area (TPSA) is 26.3 Å². The number of hydrogen-bond acceptors (Lipinski definition) is 2. The van der Waals surface area contributed by atoms with Gasteiger partial charge in [-0.1, -0.05) is 0 Å². The number of esters is 1. The zero-order valence-electron chi connectivity index (χ0n) is 5.75. The van der Waals surface area contributed by atoms with Crippen molar-refractivity contribution in [2.45, 2.75) is 25.4 Å². The van der Waals surface area contributed by atoms with Crippen LogP contribution in [0.25, 0.3) is 0 Å². The molecule has 54 valence electrons.